The third kappa shape index (κ3) is 2.68. The first kappa shape index (κ1) is 17.9. The lowest BCUT2D eigenvalue weighted by atomic mass is 9.71. The number of nitrogens with zero attached hydrogens (tertiary/aromatic N) is 1. The van der Waals surface area contributed by atoms with Gasteiger partial charge in [0.15, 0.2) is 0 Å². The summed E-state index contributed by atoms with van der Waals surface area (Å²) in [5.74, 6) is 0. The van der Waals surface area contributed by atoms with Crippen LogP contribution in [0.2, 0.25) is 0 Å². The molecule has 0 radical (unpaired) electrons. The summed E-state index contributed by atoms with van der Waals surface area (Å²) in [5, 5.41) is 0. The number of hydrogen-bond acceptors (Lipinski definition) is 1. The van der Waals surface area contributed by atoms with Gasteiger partial charge in [0.2, 0.25) is 0 Å². The van der Waals surface area contributed by atoms with Gasteiger partial charge in [0, 0.05) is 22.7 Å². The van der Waals surface area contributed by atoms with Gasteiger partial charge in [-0.15, -0.1) is 0 Å². The first-order valence-corrected chi connectivity index (χ1v) is 10.1. The standard InChI is InChI=1S/C26H29N/c1-6-19-16-17-22-25(24(19)20-12-8-7-9-13-20)27(18(2)3)23-15-11-10-14-21(23)26(22,4)5/h7-18H,6H2,1-5H3. The van der Waals surface area contributed by atoms with E-state index in [1.54, 1.807) is 0 Å². The molecule has 27 heavy (non-hydrogen) atoms. The normalized spacial score (nSPS) is 14.8. The van der Waals surface area contributed by atoms with E-state index < -0.39 is 0 Å². The van der Waals surface area contributed by atoms with E-state index in [4.69, 9.17) is 0 Å². The van der Waals surface area contributed by atoms with Gasteiger partial charge < -0.3 is 4.90 Å². The SMILES string of the molecule is CCc1ccc2c(c1-c1ccccc1)N(C(C)C)c1ccccc1C2(C)C. The molecule has 1 aliphatic rings. The van der Waals surface area contributed by atoms with E-state index in [0.717, 1.165) is 6.42 Å². The summed E-state index contributed by atoms with van der Waals surface area (Å²) < 4.78 is 0. The van der Waals surface area contributed by atoms with Crippen LogP contribution in [0.3, 0.4) is 0 Å². The van der Waals surface area contributed by atoms with Gasteiger partial charge >= 0.3 is 0 Å². The Bertz CT molecular complexity index is 967. The second-order valence-corrected chi connectivity index (χ2v) is 8.32. The Morgan fingerprint density at radius 1 is 0.815 bits per heavy atom. The number of aryl methyl sites for hydroxylation is 1. The van der Waals surface area contributed by atoms with Crippen LogP contribution in [0.25, 0.3) is 11.1 Å². The topological polar surface area (TPSA) is 3.24 Å². The van der Waals surface area contributed by atoms with Crippen LogP contribution in [0, 0.1) is 0 Å². The van der Waals surface area contributed by atoms with E-state index in [0.29, 0.717) is 6.04 Å². The molecule has 0 N–H and O–H groups in total. The second kappa shape index (κ2) is 6.56. The molecule has 0 fully saturated rings. The molecule has 0 bridgehead atoms. The molecule has 0 aromatic heterocycles. The number of para-hydroxylation sites is 1. The molecule has 0 saturated carbocycles. The lowest BCUT2D eigenvalue weighted by Crippen LogP contribution is -2.37. The van der Waals surface area contributed by atoms with E-state index in [1.807, 2.05) is 0 Å². The number of hydrogen-bond donors (Lipinski definition) is 0. The molecule has 0 atom stereocenters. The van der Waals surface area contributed by atoms with E-state index in [9.17, 15) is 0 Å². The van der Waals surface area contributed by atoms with Gasteiger partial charge in [-0.2, -0.15) is 0 Å². The second-order valence-electron chi connectivity index (χ2n) is 8.32. The minimum Gasteiger partial charge on any atom is -0.338 e. The van der Waals surface area contributed by atoms with Gasteiger partial charge in [0.25, 0.3) is 0 Å². The van der Waals surface area contributed by atoms with Crippen molar-refractivity contribution in [1.29, 1.82) is 0 Å². The average Bonchev–Trinajstić information content (AvgIpc) is 2.67. The average molecular weight is 356 g/mol. The zero-order chi connectivity index (χ0) is 19.2. The quantitative estimate of drug-likeness (QED) is 0.484. The van der Waals surface area contributed by atoms with Crippen molar-refractivity contribution in [2.75, 3.05) is 4.90 Å². The highest BCUT2D eigenvalue weighted by Crippen LogP contribution is 2.53. The molecule has 0 saturated heterocycles. The lowest BCUT2D eigenvalue weighted by Gasteiger charge is -2.45. The molecule has 0 amide bonds. The Hall–Kier alpha value is -2.54. The van der Waals surface area contributed by atoms with E-state index >= 15 is 0 Å². The van der Waals surface area contributed by atoms with E-state index in [1.165, 1.54) is 39.2 Å². The summed E-state index contributed by atoms with van der Waals surface area (Å²) in [5.41, 5.74) is 9.67. The highest BCUT2D eigenvalue weighted by molar-refractivity contribution is 5.91. The van der Waals surface area contributed by atoms with Gasteiger partial charge in [-0.25, -0.2) is 0 Å². The molecular weight excluding hydrogens is 326 g/mol. The number of anilines is 2. The molecule has 0 spiro atoms. The van der Waals surface area contributed by atoms with Gasteiger partial charge in [-0.3, -0.25) is 0 Å². The highest BCUT2D eigenvalue weighted by Gasteiger charge is 2.38. The smallest absolute Gasteiger partial charge is 0.0537 e. The number of benzene rings is 3. The molecule has 3 aromatic rings. The summed E-state index contributed by atoms with van der Waals surface area (Å²) in [4.78, 5) is 2.55. The van der Waals surface area contributed by atoms with Crippen LogP contribution in [0.1, 0.15) is 51.3 Å². The van der Waals surface area contributed by atoms with E-state index in [2.05, 4.69) is 106 Å². The monoisotopic (exact) mass is 355 g/mol. The largest absolute Gasteiger partial charge is 0.338 e. The Kier molecular flexibility index (Phi) is 4.34. The van der Waals surface area contributed by atoms with Crippen molar-refractivity contribution in [2.24, 2.45) is 0 Å². The summed E-state index contributed by atoms with van der Waals surface area (Å²) >= 11 is 0. The summed E-state index contributed by atoms with van der Waals surface area (Å²) in [6.07, 6.45) is 1.03. The summed E-state index contributed by atoms with van der Waals surface area (Å²) in [7, 11) is 0. The van der Waals surface area contributed by atoms with Crippen LogP contribution in [-0.2, 0) is 11.8 Å². The van der Waals surface area contributed by atoms with Gasteiger partial charge in [0.05, 0.1) is 5.69 Å². The Balaban J connectivity index is 2.12. The van der Waals surface area contributed by atoms with Crippen LogP contribution in [0.15, 0.2) is 66.7 Å². The number of rotatable bonds is 3. The maximum Gasteiger partial charge on any atom is 0.0537 e. The predicted molar refractivity (Wildman–Crippen MR) is 117 cm³/mol. The number of fused-ring (bicyclic) bond motifs is 2. The highest BCUT2D eigenvalue weighted by atomic mass is 15.2. The van der Waals surface area contributed by atoms with Crippen molar-refractivity contribution in [3.63, 3.8) is 0 Å². The molecule has 138 valence electrons. The zero-order valence-corrected chi connectivity index (χ0v) is 17.1. The Morgan fingerprint density at radius 3 is 2.15 bits per heavy atom. The lowest BCUT2D eigenvalue weighted by molar-refractivity contribution is 0.613. The molecule has 0 aliphatic carbocycles. The molecule has 3 aromatic carbocycles. The van der Waals surface area contributed by atoms with Crippen LogP contribution < -0.4 is 4.90 Å². The third-order valence-corrected chi connectivity index (χ3v) is 5.98. The van der Waals surface area contributed by atoms with Crippen LogP contribution in [0.5, 0.6) is 0 Å². The first-order valence-electron chi connectivity index (χ1n) is 10.1. The van der Waals surface area contributed by atoms with E-state index in [-0.39, 0.29) is 5.41 Å². The van der Waals surface area contributed by atoms with Gasteiger partial charge in [-0.05, 0) is 48.6 Å². The molecule has 1 heteroatoms. The Labute approximate surface area is 163 Å². The van der Waals surface area contributed by atoms with Crippen LogP contribution in [-0.4, -0.2) is 6.04 Å². The van der Waals surface area contributed by atoms with Crippen molar-refractivity contribution in [1.82, 2.24) is 0 Å². The van der Waals surface area contributed by atoms with Crippen molar-refractivity contribution < 1.29 is 0 Å². The molecule has 4 rings (SSSR count). The fourth-order valence-electron chi connectivity index (χ4n) is 4.62. The molecule has 0 unspecified atom stereocenters. The fraction of sp³-hybridized carbons (Fsp3) is 0.308. The van der Waals surface area contributed by atoms with Crippen LogP contribution >= 0.6 is 0 Å². The molecular formula is C26H29N. The van der Waals surface area contributed by atoms with Crippen molar-refractivity contribution in [2.45, 2.75) is 52.5 Å². The van der Waals surface area contributed by atoms with Crippen LogP contribution in [0.4, 0.5) is 11.4 Å². The third-order valence-electron chi connectivity index (χ3n) is 5.98. The van der Waals surface area contributed by atoms with Crippen molar-refractivity contribution >= 4 is 11.4 Å². The maximum absolute atomic E-state index is 2.55. The minimum atomic E-state index is -0.0207. The summed E-state index contributed by atoms with van der Waals surface area (Å²) in [6, 6.07) is 24.9. The minimum absolute atomic E-state index is 0.0207. The maximum atomic E-state index is 2.55. The molecule has 1 aliphatic heterocycles. The van der Waals surface area contributed by atoms with Gasteiger partial charge in [-0.1, -0.05) is 81.4 Å². The van der Waals surface area contributed by atoms with Gasteiger partial charge in [0.1, 0.15) is 0 Å². The molecule has 1 nitrogen and oxygen atoms in total. The van der Waals surface area contributed by atoms with Crippen molar-refractivity contribution in [3.8, 4) is 11.1 Å². The first-order chi connectivity index (χ1) is 13.0. The fourth-order valence-corrected chi connectivity index (χ4v) is 4.62. The predicted octanol–water partition coefficient (Wildman–Crippen LogP) is 7.10. The van der Waals surface area contributed by atoms with Crippen molar-refractivity contribution in [3.05, 3.63) is 83.4 Å². The Morgan fingerprint density at radius 2 is 1.48 bits per heavy atom. The summed E-state index contributed by atoms with van der Waals surface area (Å²) in [6.45, 7) is 11.6. The molecule has 1 heterocycles. The zero-order valence-electron chi connectivity index (χ0n) is 17.1.